The number of ketones is 1. The van der Waals surface area contributed by atoms with Gasteiger partial charge in [0.05, 0.1) is 12.1 Å². The Balaban J connectivity index is 2.31. The van der Waals surface area contributed by atoms with Crippen molar-refractivity contribution in [2.45, 2.75) is 17.8 Å². The Hall–Kier alpha value is -3.17. The van der Waals surface area contributed by atoms with Crippen molar-refractivity contribution in [1.82, 2.24) is 0 Å². The molecule has 1 aliphatic rings. The highest BCUT2D eigenvalue weighted by Crippen LogP contribution is 2.59. The van der Waals surface area contributed by atoms with Gasteiger partial charge in [0.15, 0.2) is 11.2 Å². The van der Waals surface area contributed by atoms with Crippen molar-refractivity contribution < 1.29 is 4.79 Å². The summed E-state index contributed by atoms with van der Waals surface area (Å²) in [5, 5.41) is 20.0. The van der Waals surface area contributed by atoms with E-state index in [9.17, 15) is 15.3 Å². The van der Waals surface area contributed by atoms with Crippen LogP contribution in [0.4, 0.5) is 0 Å². The Morgan fingerprint density at radius 1 is 1.00 bits per heavy atom. The van der Waals surface area contributed by atoms with E-state index in [0.717, 1.165) is 5.56 Å². The van der Waals surface area contributed by atoms with Gasteiger partial charge < -0.3 is 0 Å². The molecule has 0 radical (unpaired) electrons. The molecule has 0 aliphatic heterocycles. The zero-order valence-corrected chi connectivity index (χ0v) is 13.1. The second-order valence-corrected chi connectivity index (χ2v) is 6.00. The average molecular weight is 312 g/mol. The van der Waals surface area contributed by atoms with Gasteiger partial charge in [0.2, 0.25) is 0 Å². The molecule has 24 heavy (non-hydrogen) atoms. The summed E-state index contributed by atoms with van der Waals surface area (Å²) >= 11 is 0. The summed E-state index contributed by atoms with van der Waals surface area (Å²) in [6, 6.07) is 22.7. The summed E-state index contributed by atoms with van der Waals surface area (Å²) in [7, 11) is 0. The summed E-state index contributed by atoms with van der Waals surface area (Å²) in [5.41, 5.74) is -1.37. The molecule has 3 rings (SSSR count). The molecule has 116 valence electrons. The number of hydrogen-bond donors (Lipinski definition) is 0. The van der Waals surface area contributed by atoms with E-state index in [4.69, 9.17) is 0 Å². The van der Waals surface area contributed by atoms with Crippen molar-refractivity contribution in [3.8, 4) is 12.1 Å². The summed E-state index contributed by atoms with van der Waals surface area (Å²) in [6.45, 7) is 3.84. The molecule has 2 aromatic carbocycles. The van der Waals surface area contributed by atoms with E-state index in [-0.39, 0.29) is 12.2 Å². The Morgan fingerprint density at radius 3 is 2.04 bits per heavy atom. The highest BCUT2D eigenvalue weighted by Gasteiger charge is 2.66. The molecule has 3 heteroatoms. The summed E-state index contributed by atoms with van der Waals surface area (Å²) < 4.78 is 0. The topological polar surface area (TPSA) is 64.7 Å². The molecule has 1 saturated carbocycles. The largest absolute Gasteiger partial charge is 0.298 e. The lowest BCUT2D eigenvalue weighted by molar-refractivity contribution is -0.121. The van der Waals surface area contributed by atoms with Crippen LogP contribution < -0.4 is 0 Å². The van der Waals surface area contributed by atoms with Crippen molar-refractivity contribution >= 4 is 5.78 Å². The molecule has 0 aromatic heterocycles. The smallest absolute Gasteiger partial charge is 0.170 e. The Labute approximate surface area is 141 Å². The van der Waals surface area contributed by atoms with Gasteiger partial charge in [-0.05, 0) is 11.1 Å². The van der Waals surface area contributed by atoms with Crippen LogP contribution in [-0.2, 0) is 10.2 Å². The number of nitriles is 2. The molecule has 2 atom stereocenters. The van der Waals surface area contributed by atoms with Gasteiger partial charge in [-0.3, -0.25) is 4.79 Å². The molecule has 0 saturated heterocycles. The lowest BCUT2D eigenvalue weighted by atomic mass is 9.59. The zero-order valence-electron chi connectivity index (χ0n) is 13.1. The first-order valence-corrected chi connectivity index (χ1v) is 7.76. The van der Waals surface area contributed by atoms with Crippen molar-refractivity contribution in [3.63, 3.8) is 0 Å². The molecule has 0 spiro atoms. The summed E-state index contributed by atoms with van der Waals surface area (Å²) in [5.74, 6) is -0.625. The van der Waals surface area contributed by atoms with Crippen LogP contribution >= 0.6 is 0 Å². The number of carbonyl (C=O) groups excluding carboxylic acids is 1. The van der Waals surface area contributed by atoms with Gasteiger partial charge in [-0.1, -0.05) is 66.7 Å². The van der Waals surface area contributed by atoms with Gasteiger partial charge in [-0.25, -0.2) is 0 Å². The number of benzene rings is 2. The monoisotopic (exact) mass is 312 g/mol. The van der Waals surface area contributed by atoms with Crippen LogP contribution in [0.5, 0.6) is 0 Å². The lowest BCUT2D eigenvalue weighted by Crippen LogP contribution is -2.44. The molecule has 1 fully saturated rings. The zero-order chi connectivity index (χ0) is 17.2. The van der Waals surface area contributed by atoms with Gasteiger partial charge in [0.25, 0.3) is 0 Å². The minimum absolute atomic E-state index is 0.138. The van der Waals surface area contributed by atoms with Crippen LogP contribution in [-0.4, -0.2) is 5.78 Å². The van der Waals surface area contributed by atoms with Gasteiger partial charge in [0, 0.05) is 12.3 Å². The SMILES string of the molecule is C=C[C@]1(c2ccccc2)C(=O)C[C@@H](c2ccccc2)C1(C#N)C#N. The first-order chi connectivity index (χ1) is 11.7. The minimum Gasteiger partial charge on any atom is -0.298 e. The van der Waals surface area contributed by atoms with Gasteiger partial charge in [0.1, 0.15) is 5.41 Å². The van der Waals surface area contributed by atoms with Crippen LogP contribution in [0, 0.1) is 28.1 Å². The molecule has 0 N–H and O–H groups in total. The third-order valence-electron chi connectivity index (χ3n) is 5.06. The van der Waals surface area contributed by atoms with E-state index >= 15 is 0 Å². The number of nitrogens with zero attached hydrogens (tertiary/aromatic N) is 2. The highest BCUT2D eigenvalue weighted by atomic mass is 16.1. The number of rotatable bonds is 3. The maximum atomic E-state index is 13.1. The number of hydrogen-bond acceptors (Lipinski definition) is 3. The predicted octanol–water partition coefficient (Wildman–Crippen LogP) is 3.90. The first-order valence-electron chi connectivity index (χ1n) is 7.76. The van der Waals surface area contributed by atoms with Crippen molar-refractivity contribution in [3.05, 3.63) is 84.4 Å². The fraction of sp³-hybridized carbons (Fsp3) is 0.190. The van der Waals surface area contributed by atoms with Crippen LogP contribution in [0.3, 0.4) is 0 Å². The Kier molecular flexibility index (Phi) is 3.80. The average Bonchev–Trinajstić information content (AvgIpc) is 2.92. The molecule has 3 nitrogen and oxygen atoms in total. The van der Waals surface area contributed by atoms with Crippen LogP contribution in [0.1, 0.15) is 23.5 Å². The van der Waals surface area contributed by atoms with Crippen LogP contribution in [0.25, 0.3) is 0 Å². The van der Waals surface area contributed by atoms with Crippen molar-refractivity contribution in [2.24, 2.45) is 5.41 Å². The molecule has 1 aliphatic carbocycles. The third kappa shape index (κ3) is 1.85. The fourth-order valence-electron chi connectivity index (χ4n) is 3.89. The van der Waals surface area contributed by atoms with Gasteiger partial charge in [-0.15, -0.1) is 6.58 Å². The standard InChI is InChI=1S/C21H16N2O/c1-2-21(17-11-7-4-8-12-17)19(24)13-18(20(21,14-22)15-23)16-9-5-3-6-10-16/h2-12,18H,1,13H2/t18-,21-/m0/s1. The normalized spacial score (nSPS) is 24.8. The number of carbonyl (C=O) groups is 1. The van der Waals surface area contributed by atoms with Crippen molar-refractivity contribution in [1.29, 1.82) is 10.5 Å². The second-order valence-electron chi connectivity index (χ2n) is 6.00. The van der Waals surface area contributed by atoms with E-state index in [2.05, 4.69) is 18.7 Å². The van der Waals surface area contributed by atoms with E-state index < -0.39 is 16.7 Å². The molecule has 0 bridgehead atoms. The molecule has 2 aromatic rings. The predicted molar refractivity (Wildman–Crippen MR) is 90.8 cm³/mol. The van der Waals surface area contributed by atoms with E-state index in [1.54, 1.807) is 12.1 Å². The van der Waals surface area contributed by atoms with Gasteiger partial charge >= 0.3 is 0 Å². The molecular formula is C21H16N2O. The number of allylic oxidation sites excluding steroid dienone is 1. The minimum atomic E-state index is -1.52. The first kappa shape index (κ1) is 15.7. The summed E-state index contributed by atoms with van der Waals surface area (Å²) in [6.07, 6.45) is 1.63. The van der Waals surface area contributed by atoms with Crippen molar-refractivity contribution in [2.75, 3.05) is 0 Å². The third-order valence-corrected chi connectivity index (χ3v) is 5.06. The second kappa shape index (κ2) is 5.80. The van der Waals surface area contributed by atoms with Crippen LogP contribution in [0.15, 0.2) is 73.3 Å². The molecule has 0 heterocycles. The number of Topliss-reactive ketones (excluding diaryl/α,β-unsaturated/α-hetero) is 1. The van der Waals surface area contributed by atoms with E-state index in [1.807, 2.05) is 48.5 Å². The quantitative estimate of drug-likeness (QED) is 0.807. The lowest BCUT2D eigenvalue weighted by Gasteiger charge is -2.36. The van der Waals surface area contributed by atoms with E-state index in [0.29, 0.717) is 5.56 Å². The summed E-state index contributed by atoms with van der Waals surface area (Å²) in [4.78, 5) is 13.1. The maximum absolute atomic E-state index is 13.1. The maximum Gasteiger partial charge on any atom is 0.170 e. The van der Waals surface area contributed by atoms with E-state index in [1.165, 1.54) is 6.08 Å². The highest BCUT2D eigenvalue weighted by molar-refractivity contribution is 5.98. The Bertz CT molecular complexity index is 844. The van der Waals surface area contributed by atoms with Crippen LogP contribution in [0.2, 0.25) is 0 Å². The molecule has 0 unspecified atom stereocenters. The molecular weight excluding hydrogens is 296 g/mol. The van der Waals surface area contributed by atoms with Gasteiger partial charge in [-0.2, -0.15) is 10.5 Å². The molecule has 0 amide bonds. The Morgan fingerprint density at radius 2 is 1.54 bits per heavy atom. The fourth-order valence-corrected chi connectivity index (χ4v) is 3.89.